The molecule has 0 unspecified atom stereocenters. The Kier molecular flexibility index (Phi) is 5.49. The Morgan fingerprint density at radius 1 is 1.18 bits per heavy atom. The van der Waals surface area contributed by atoms with E-state index in [1.54, 1.807) is 55.7 Å². The van der Waals surface area contributed by atoms with Crippen molar-refractivity contribution in [2.24, 2.45) is 0 Å². The summed E-state index contributed by atoms with van der Waals surface area (Å²) in [6.45, 7) is 1.56. The Bertz CT molecular complexity index is 656. The van der Waals surface area contributed by atoms with Gasteiger partial charge in [-0.3, -0.25) is 4.79 Å². The van der Waals surface area contributed by atoms with Crippen molar-refractivity contribution in [3.8, 4) is 5.75 Å². The Morgan fingerprint density at radius 3 is 2.50 bits per heavy atom. The zero-order valence-corrected chi connectivity index (χ0v) is 13.1. The van der Waals surface area contributed by atoms with Crippen LogP contribution in [0.3, 0.4) is 0 Å². The van der Waals surface area contributed by atoms with Gasteiger partial charge in [0.1, 0.15) is 5.75 Å². The molecule has 2 rings (SSSR count). The highest BCUT2D eigenvalue weighted by atomic mass is 32.1. The first-order valence-corrected chi connectivity index (χ1v) is 7.63. The minimum absolute atomic E-state index is 0.250. The van der Waals surface area contributed by atoms with Gasteiger partial charge in [0.2, 0.25) is 5.78 Å². The minimum Gasteiger partial charge on any atom is -0.497 e. The van der Waals surface area contributed by atoms with Crippen molar-refractivity contribution in [2.75, 3.05) is 7.11 Å². The van der Waals surface area contributed by atoms with Crippen LogP contribution >= 0.6 is 11.3 Å². The van der Waals surface area contributed by atoms with Gasteiger partial charge >= 0.3 is 5.97 Å². The zero-order chi connectivity index (χ0) is 15.9. The second-order valence-electron chi connectivity index (χ2n) is 4.56. The lowest BCUT2D eigenvalue weighted by atomic mass is 10.1. The largest absolute Gasteiger partial charge is 0.497 e. The van der Waals surface area contributed by atoms with Gasteiger partial charge in [0, 0.05) is 11.6 Å². The molecule has 0 radical (unpaired) electrons. The van der Waals surface area contributed by atoms with Crippen LogP contribution in [0.4, 0.5) is 0 Å². The van der Waals surface area contributed by atoms with Crippen molar-refractivity contribution < 1.29 is 19.1 Å². The molecule has 22 heavy (non-hydrogen) atoms. The zero-order valence-electron chi connectivity index (χ0n) is 12.3. The van der Waals surface area contributed by atoms with E-state index in [0.29, 0.717) is 11.3 Å². The van der Waals surface area contributed by atoms with Crippen molar-refractivity contribution >= 4 is 29.2 Å². The van der Waals surface area contributed by atoms with Crippen LogP contribution in [0.2, 0.25) is 0 Å². The maximum Gasteiger partial charge on any atom is 0.331 e. The summed E-state index contributed by atoms with van der Waals surface area (Å²) in [6, 6.07) is 8.57. The number of ether oxygens (including phenoxy) is 2. The van der Waals surface area contributed by atoms with Gasteiger partial charge in [0.25, 0.3) is 0 Å². The second kappa shape index (κ2) is 7.56. The molecule has 0 aliphatic heterocycles. The summed E-state index contributed by atoms with van der Waals surface area (Å²) in [4.78, 5) is 23.9. The lowest BCUT2D eigenvalue weighted by Gasteiger charge is -2.11. The van der Waals surface area contributed by atoms with Crippen molar-refractivity contribution in [3.05, 3.63) is 58.3 Å². The van der Waals surface area contributed by atoms with Crippen molar-refractivity contribution in [1.29, 1.82) is 0 Å². The Morgan fingerprint density at radius 2 is 1.91 bits per heavy atom. The molecule has 114 valence electrons. The van der Waals surface area contributed by atoms with Crippen LogP contribution in [0, 0.1) is 0 Å². The van der Waals surface area contributed by atoms with E-state index < -0.39 is 12.1 Å². The Hall–Kier alpha value is -2.40. The van der Waals surface area contributed by atoms with E-state index in [2.05, 4.69) is 0 Å². The molecule has 0 aliphatic carbocycles. The maximum absolute atomic E-state index is 12.2. The van der Waals surface area contributed by atoms with Crippen LogP contribution in [0.1, 0.15) is 22.8 Å². The molecular formula is C17H16O4S. The lowest BCUT2D eigenvalue weighted by Crippen LogP contribution is -2.23. The first-order chi connectivity index (χ1) is 10.6. The van der Waals surface area contributed by atoms with E-state index in [4.69, 9.17) is 9.47 Å². The Labute approximate surface area is 133 Å². The van der Waals surface area contributed by atoms with Crippen molar-refractivity contribution in [2.45, 2.75) is 13.0 Å². The maximum atomic E-state index is 12.2. The quantitative estimate of drug-likeness (QED) is 0.464. The summed E-state index contributed by atoms with van der Waals surface area (Å²) in [5.41, 5.74) is 1.40. The highest BCUT2D eigenvalue weighted by molar-refractivity contribution is 7.08. The molecule has 0 N–H and O–H groups in total. The van der Waals surface area contributed by atoms with Gasteiger partial charge in [0.05, 0.1) is 7.11 Å². The van der Waals surface area contributed by atoms with Crippen LogP contribution in [0.15, 0.2) is 47.2 Å². The summed E-state index contributed by atoms with van der Waals surface area (Å²) in [7, 11) is 1.56. The number of rotatable bonds is 6. The minimum atomic E-state index is -0.840. The molecule has 1 atom stereocenters. The number of methoxy groups -OCH3 is 1. The molecule has 1 aromatic carbocycles. The molecule has 2 aromatic rings. The van der Waals surface area contributed by atoms with Crippen molar-refractivity contribution in [1.82, 2.24) is 0 Å². The van der Waals surface area contributed by atoms with Gasteiger partial charge in [-0.2, -0.15) is 11.3 Å². The van der Waals surface area contributed by atoms with E-state index in [-0.39, 0.29) is 5.78 Å². The highest BCUT2D eigenvalue weighted by Gasteiger charge is 2.18. The third-order valence-corrected chi connectivity index (χ3v) is 3.69. The van der Waals surface area contributed by atoms with Gasteiger partial charge in [-0.1, -0.05) is 0 Å². The number of carbonyl (C=O) groups excluding carboxylic acids is 2. The normalized spacial score (nSPS) is 12.1. The second-order valence-corrected chi connectivity index (χ2v) is 5.34. The molecule has 0 amide bonds. The SMILES string of the molecule is COc1ccc(C(=O)[C@@H](C)OC(=O)/C=C/c2ccsc2)cc1. The third kappa shape index (κ3) is 4.30. The number of carbonyl (C=O) groups is 2. The fraction of sp³-hybridized carbons (Fsp3) is 0.176. The topological polar surface area (TPSA) is 52.6 Å². The highest BCUT2D eigenvalue weighted by Crippen LogP contribution is 2.14. The molecule has 1 aromatic heterocycles. The number of hydrogen-bond donors (Lipinski definition) is 0. The van der Waals surface area contributed by atoms with E-state index >= 15 is 0 Å². The smallest absolute Gasteiger partial charge is 0.331 e. The number of ketones is 1. The van der Waals surface area contributed by atoms with Gasteiger partial charge in [-0.15, -0.1) is 0 Å². The fourth-order valence-corrected chi connectivity index (χ4v) is 2.42. The third-order valence-electron chi connectivity index (χ3n) is 2.99. The summed E-state index contributed by atoms with van der Waals surface area (Å²) in [6.07, 6.45) is 2.14. The van der Waals surface area contributed by atoms with Crippen LogP contribution in [0.25, 0.3) is 6.08 Å². The first-order valence-electron chi connectivity index (χ1n) is 6.69. The average molecular weight is 316 g/mol. The van der Waals surface area contributed by atoms with Gasteiger partial charge < -0.3 is 9.47 Å². The number of Topliss-reactive ketones (excluding diaryl/α,β-unsaturated/α-hetero) is 1. The summed E-state index contributed by atoms with van der Waals surface area (Å²) in [5.74, 6) is -0.125. The van der Waals surface area contributed by atoms with E-state index in [1.165, 1.54) is 6.08 Å². The van der Waals surface area contributed by atoms with Crippen molar-refractivity contribution in [3.63, 3.8) is 0 Å². The molecule has 1 heterocycles. The van der Waals surface area contributed by atoms with Gasteiger partial charge in [-0.05, 0) is 59.7 Å². The number of hydrogen-bond acceptors (Lipinski definition) is 5. The van der Waals surface area contributed by atoms with E-state index in [1.807, 2.05) is 16.8 Å². The molecule has 0 aliphatic rings. The van der Waals surface area contributed by atoms with Crippen LogP contribution in [0.5, 0.6) is 5.75 Å². The molecule has 5 heteroatoms. The molecular weight excluding hydrogens is 300 g/mol. The molecule has 0 saturated carbocycles. The molecule has 0 bridgehead atoms. The van der Waals surface area contributed by atoms with E-state index in [9.17, 15) is 9.59 Å². The van der Waals surface area contributed by atoms with E-state index in [0.717, 1.165) is 5.56 Å². The van der Waals surface area contributed by atoms with Crippen LogP contribution < -0.4 is 4.74 Å². The van der Waals surface area contributed by atoms with Crippen LogP contribution in [-0.4, -0.2) is 25.0 Å². The molecule has 0 fully saturated rings. The number of esters is 1. The fourth-order valence-electron chi connectivity index (χ4n) is 1.79. The number of thiophene rings is 1. The molecule has 0 saturated heterocycles. The predicted molar refractivity (Wildman–Crippen MR) is 86.2 cm³/mol. The molecule has 4 nitrogen and oxygen atoms in total. The summed E-state index contributed by atoms with van der Waals surface area (Å²) < 4.78 is 10.2. The monoisotopic (exact) mass is 316 g/mol. The average Bonchev–Trinajstić information content (AvgIpc) is 3.05. The predicted octanol–water partition coefficient (Wildman–Crippen LogP) is 3.58. The first kappa shape index (κ1) is 16.0. The number of benzene rings is 1. The summed E-state index contributed by atoms with van der Waals surface area (Å²) >= 11 is 1.54. The Balaban J connectivity index is 1.94. The van der Waals surface area contributed by atoms with Gasteiger partial charge in [-0.25, -0.2) is 4.79 Å². The summed E-state index contributed by atoms with van der Waals surface area (Å²) in [5, 5.41) is 3.83. The van der Waals surface area contributed by atoms with Gasteiger partial charge in [0.15, 0.2) is 6.10 Å². The lowest BCUT2D eigenvalue weighted by molar-refractivity contribution is -0.140. The molecule has 0 spiro atoms. The van der Waals surface area contributed by atoms with Crippen LogP contribution in [-0.2, 0) is 9.53 Å². The standard InChI is InChI=1S/C17H16O4S/c1-12(17(19)14-4-6-15(20-2)7-5-14)21-16(18)8-3-13-9-10-22-11-13/h3-12H,1-2H3/b8-3+/t12-/m1/s1.